The van der Waals surface area contributed by atoms with E-state index in [1.807, 2.05) is 0 Å². The fraction of sp³-hybridized carbons (Fsp3) is 0.300. The van der Waals surface area contributed by atoms with Gasteiger partial charge in [-0.2, -0.15) is 0 Å². The van der Waals surface area contributed by atoms with Gasteiger partial charge < -0.3 is 9.84 Å². The summed E-state index contributed by atoms with van der Waals surface area (Å²) in [5.41, 5.74) is 1.56. The Balaban J connectivity index is 2.79. The molecule has 0 heterocycles. The van der Waals surface area contributed by atoms with Gasteiger partial charge in [-0.15, -0.1) is 0 Å². The van der Waals surface area contributed by atoms with E-state index in [0.29, 0.717) is 0 Å². The number of carbonyl (C=O) groups is 1. The predicted molar refractivity (Wildman–Crippen MR) is 48.6 cm³/mol. The van der Waals surface area contributed by atoms with E-state index in [1.54, 1.807) is 25.1 Å². The van der Waals surface area contributed by atoms with Crippen molar-refractivity contribution in [3.05, 3.63) is 29.3 Å². The molecule has 0 unspecified atom stereocenters. The number of esters is 1. The molecule has 0 radical (unpaired) electrons. The number of aryl methyl sites for hydroxylation is 1. The first-order valence-electron chi connectivity index (χ1n) is 3.99. The Bertz CT molecular complexity index is 318. The molecule has 1 N–H and O–H groups in total. The minimum absolute atomic E-state index is 0.199. The van der Waals surface area contributed by atoms with Crippen LogP contribution in [-0.4, -0.2) is 18.2 Å². The van der Waals surface area contributed by atoms with Gasteiger partial charge in [-0.25, -0.2) is 0 Å². The number of rotatable bonds is 2. The van der Waals surface area contributed by atoms with Crippen molar-refractivity contribution in [2.24, 2.45) is 0 Å². The number of hydrogen-bond donors (Lipinski definition) is 1. The molecule has 0 bridgehead atoms. The first-order valence-corrected chi connectivity index (χ1v) is 3.99. The van der Waals surface area contributed by atoms with Crippen molar-refractivity contribution in [3.63, 3.8) is 0 Å². The standard InChI is InChI=1S/C10H12O3/c1-7-3-4-8(5-9(7)11)6-10(12)13-2/h3-5,11H,6H2,1-2H3. The molecule has 1 rings (SSSR count). The zero-order valence-corrected chi connectivity index (χ0v) is 7.70. The summed E-state index contributed by atoms with van der Waals surface area (Å²) in [5, 5.41) is 9.33. The minimum atomic E-state index is -0.303. The van der Waals surface area contributed by atoms with Crippen LogP contribution in [0, 0.1) is 6.92 Å². The Morgan fingerprint density at radius 3 is 2.77 bits per heavy atom. The van der Waals surface area contributed by atoms with Crippen molar-refractivity contribution in [1.82, 2.24) is 0 Å². The van der Waals surface area contributed by atoms with Crippen molar-refractivity contribution in [2.45, 2.75) is 13.3 Å². The molecule has 0 saturated heterocycles. The molecule has 0 saturated carbocycles. The molecule has 0 aliphatic heterocycles. The summed E-state index contributed by atoms with van der Waals surface area (Å²) >= 11 is 0. The monoisotopic (exact) mass is 180 g/mol. The Kier molecular flexibility index (Phi) is 2.90. The maximum Gasteiger partial charge on any atom is 0.309 e. The Labute approximate surface area is 77.0 Å². The van der Waals surface area contributed by atoms with Crippen molar-refractivity contribution < 1.29 is 14.6 Å². The molecule has 0 aliphatic rings. The first-order chi connectivity index (χ1) is 6.13. The van der Waals surface area contributed by atoms with E-state index in [4.69, 9.17) is 0 Å². The lowest BCUT2D eigenvalue weighted by Gasteiger charge is -2.02. The van der Waals surface area contributed by atoms with Crippen LogP contribution in [-0.2, 0) is 16.0 Å². The second-order valence-corrected chi connectivity index (χ2v) is 2.87. The molecule has 3 nitrogen and oxygen atoms in total. The van der Waals surface area contributed by atoms with Crippen LogP contribution in [0.5, 0.6) is 5.75 Å². The number of phenols is 1. The molecule has 0 aliphatic carbocycles. The molecule has 0 amide bonds. The highest BCUT2D eigenvalue weighted by Gasteiger charge is 2.04. The number of aromatic hydroxyl groups is 1. The van der Waals surface area contributed by atoms with Gasteiger partial charge in [0.05, 0.1) is 13.5 Å². The van der Waals surface area contributed by atoms with E-state index >= 15 is 0 Å². The Morgan fingerprint density at radius 2 is 2.23 bits per heavy atom. The smallest absolute Gasteiger partial charge is 0.309 e. The van der Waals surface area contributed by atoms with Gasteiger partial charge in [-0.05, 0) is 24.1 Å². The van der Waals surface area contributed by atoms with Crippen LogP contribution >= 0.6 is 0 Å². The quantitative estimate of drug-likeness (QED) is 0.700. The summed E-state index contributed by atoms with van der Waals surface area (Å²) in [6, 6.07) is 5.14. The van der Waals surface area contributed by atoms with E-state index in [0.717, 1.165) is 11.1 Å². The number of carbonyl (C=O) groups excluding carboxylic acids is 1. The Morgan fingerprint density at radius 1 is 1.54 bits per heavy atom. The third-order valence-electron chi connectivity index (χ3n) is 1.85. The minimum Gasteiger partial charge on any atom is -0.508 e. The van der Waals surface area contributed by atoms with Gasteiger partial charge in [0.2, 0.25) is 0 Å². The molecule has 0 spiro atoms. The van der Waals surface area contributed by atoms with Crippen molar-refractivity contribution in [3.8, 4) is 5.75 Å². The van der Waals surface area contributed by atoms with Crippen molar-refractivity contribution in [2.75, 3.05) is 7.11 Å². The summed E-state index contributed by atoms with van der Waals surface area (Å²) in [5.74, 6) is -0.0929. The van der Waals surface area contributed by atoms with E-state index in [-0.39, 0.29) is 18.1 Å². The Hall–Kier alpha value is -1.51. The topological polar surface area (TPSA) is 46.5 Å². The van der Waals surface area contributed by atoms with E-state index in [2.05, 4.69) is 4.74 Å². The summed E-state index contributed by atoms with van der Waals surface area (Å²) in [7, 11) is 1.34. The lowest BCUT2D eigenvalue weighted by molar-refractivity contribution is -0.139. The van der Waals surface area contributed by atoms with Crippen molar-refractivity contribution >= 4 is 5.97 Å². The number of methoxy groups -OCH3 is 1. The molecule has 70 valence electrons. The predicted octanol–water partition coefficient (Wildman–Crippen LogP) is 1.42. The number of ether oxygens (including phenoxy) is 1. The van der Waals surface area contributed by atoms with Gasteiger partial charge in [0.1, 0.15) is 5.75 Å². The highest BCUT2D eigenvalue weighted by Crippen LogP contribution is 2.17. The zero-order valence-electron chi connectivity index (χ0n) is 7.70. The van der Waals surface area contributed by atoms with Crippen LogP contribution < -0.4 is 0 Å². The maximum atomic E-state index is 10.9. The first kappa shape index (κ1) is 9.58. The van der Waals surface area contributed by atoms with Gasteiger partial charge >= 0.3 is 5.97 Å². The second-order valence-electron chi connectivity index (χ2n) is 2.87. The largest absolute Gasteiger partial charge is 0.508 e. The average Bonchev–Trinajstić information content (AvgIpc) is 2.11. The van der Waals surface area contributed by atoms with Crippen LogP contribution in [0.1, 0.15) is 11.1 Å². The third kappa shape index (κ3) is 2.47. The highest BCUT2D eigenvalue weighted by molar-refractivity contribution is 5.72. The summed E-state index contributed by atoms with van der Waals surface area (Å²) < 4.78 is 4.50. The van der Waals surface area contributed by atoms with E-state index < -0.39 is 0 Å². The number of hydrogen-bond acceptors (Lipinski definition) is 3. The molecular weight excluding hydrogens is 168 g/mol. The fourth-order valence-electron chi connectivity index (χ4n) is 1.00. The van der Waals surface area contributed by atoms with Crippen LogP contribution in [0.4, 0.5) is 0 Å². The lowest BCUT2D eigenvalue weighted by Crippen LogP contribution is -2.04. The van der Waals surface area contributed by atoms with Gasteiger partial charge in [0.15, 0.2) is 0 Å². The van der Waals surface area contributed by atoms with Gasteiger partial charge in [0, 0.05) is 0 Å². The highest BCUT2D eigenvalue weighted by atomic mass is 16.5. The molecule has 1 aromatic carbocycles. The molecule has 0 aromatic heterocycles. The molecule has 3 heteroatoms. The number of benzene rings is 1. The SMILES string of the molecule is COC(=O)Cc1ccc(C)c(O)c1. The molecule has 13 heavy (non-hydrogen) atoms. The lowest BCUT2D eigenvalue weighted by atomic mass is 10.1. The second kappa shape index (κ2) is 3.94. The fourth-order valence-corrected chi connectivity index (χ4v) is 1.00. The van der Waals surface area contributed by atoms with Gasteiger partial charge in [-0.3, -0.25) is 4.79 Å². The molecule has 1 aromatic rings. The van der Waals surface area contributed by atoms with E-state index in [9.17, 15) is 9.90 Å². The van der Waals surface area contributed by atoms with Crippen LogP contribution in [0.15, 0.2) is 18.2 Å². The van der Waals surface area contributed by atoms with E-state index in [1.165, 1.54) is 7.11 Å². The summed E-state index contributed by atoms with van der Waals surface area (Å²) in [6.45, 7) is 1.80. The van der Waals surface area contributed by atoms with Gasteiger partial charge in [-0.1, -0.05) is 12.1 Å². The van der Waals surface area contributed by atoms with Gasteiger partial charge in [0.25, 0.3) is 0 Å². The third-order valence-corrected chi connectivity index (χ3v) is 1.85. The summed E-state index contributed by atoms with van der Waals surface area (Å²) in [4.78, 5) is 10.9. The number of phenolic OH excluding ortho intramolecular Hbond substituents is 1. The normalized spacial score (nSPS) is 9.69. The maximum absolute atomic E-state index is 10.9. The van der Waals surface area contributed by atoms with Crippen molar-refractivity contribution in [1.29, 1.82) is 0 Å². The van der Waals surface area contributed by atoms with Crippen LogP contribution in [0.25, 0.3) is 0 Å². The molecule has 0 atom stereocenters. The van der Waals surface area contributed by atoms with Crippen LogP contribution in [0.3, 0.4) is 0 Å². The molecular formula is C10H12O3. The molecule has 0 fully saturated rings. The summed E-state index contributed by atoms with van der Waals surface area (Å²) in [6.07, 6.45) is 0.199. The zero-order chi connectivity index (χ0) is 9.84. The average molecular weight is 180 g/mol. The van der Waals surface area contributed by atoms with Crippen LogP contribution in [0.2, 0.25) is 0 Å².